The van der Waals surface area contributed by atoms with Crippen LogP contribution in [-0.2, 0) is 17.9 Å². The van der Waals surface area contributed by atoms with Crippen molar-refractivity contribution in [2.45, 2.75) is 39.4 Å². The summed E-state index contributed by atoms with van der Waals surface area (Å²) in [5.41, 5.74) is 2.20. The minimum absolute atomic E-state index is 0.0630. The van der Waals surface area contributed by atoms with E-state index in [9.17, 15) is 9.90 Å². The number of carbonyl (C=O) groups is 1. The molecular formula is C16H21N3O2. The molecule has 1 aromatic carbocycles. The third-order valence-electron chi connectivity index (χ3n) is 4.59. The third-order valence-corrected chi connectivity index (χ3v) is 4.59. The maximum atomic E-state index is 11.2. The lowest BCUT2D eigenvalue weighted by atomic mass is 10.0. The van der Waals surface area contributed by atoms with Crippen molar-refractivity contribution in [1.82, 2.24) is 14.7 Å². The molecule has 1 saturated heterocycles. The molecule has 1 aromatic heterocycles. The van der Waals surface area contributed by atoms with E-state index in [-0.39, 0.29) is 12.0 Å². The van der Waals surface area contributed by atoms with Crippen LogP contribution in [0.15, 0.2) is 24.3 Å². The van der Waals surface area contributed by atoms with Crippen molar-refractivity contribution in [2.24, 2.45) is 5.92 Å². The standard InChI is InChI=1S/C16H21N3O2/c1-3-19-15-7-5-4-6-13(15)14(17-19)10-18-9-8-12(11(18)2)16(20)21/h4-7,11-12H,3,8-10H2,1-2H3,(H,20,21). The first-order chi connectivity index (χ1) is 10.1. The number of rotatable bonds is 4. The first kappa shape index (κ1) is 14.1. The Bertz CT molecular complexity index is 665. The summed E-state index contributed by atoms with van der Waals surface area (Å²) < 4.78 is 2.01. The Morgan fingerprint density at radius 2 is 2.19 bits per heavy atom. The van der Waals surface area contributed by atoms with E-state index < -0.39 is 5.97 Å². The Morgan fingerprint density at radius 3 is 2.86 bits per heavy atom. The minimum Gasteiger partial charge on any atom is -0.481 e. The summed E-state index contributed by atoms with van der Waals surface area (Å²) in [6.07, 6.45) is 0.725. The molecule has 0 bridgehead atoms. The van der Waals surface area contributed by atoms with Crippen molar-refractivity contribution in [3.05, 3.63) is 30.0 Å². The minimum atomic E-state index is -0.686. The topological polar surface area (TPSA) is 58.4 Å². The first-order valence-electron chi connectivity index (χ1n) is 7.53. The molecule has 1 N–H and O–H groups in total. The summed E-state index contributed by atoms with van der Waals surface area (Å²) in [6, 6.07) is 8.30. The van der Waals surface area contributed by atoms with E-state index >= 15 is 0 Å². The summed E-state index contributed by atoms with van der Waals surface area (Å²) in [6.45, 7) is 6.48. The molecule has 1 aliphatic heterocycles. The number of aryl methyl sites for hydroxylation is 1. The van der Waals surface area contributed by atoms with Crippen molar-refractivity contribution in [3.63, 3.8) is 0 Å². The van der Waals surface area contributed by atoms with Crippen LogP contribution in [0, 0.1) is 5.92 Å². The summed E-state index contributed by atoms with van der Waals surface area (Å²) >= 11 is 0. The Kier molecular flexibility index (Phi) is 3.68. The van der Waals surface area contributed by atoms with E-state index in [1.165, 1.54) is 5.39 Å². The molecule has 21 heavy (non-hydrogen) atoms. The highest BCUT2D eigenvalue weighted by molar-refractivity contribution is 5.82. The highest BCUT2D eigenvalue weighted by Crippen LogP contribution is 2.28. The second-order valence-corrected chi connectivity index (χ2v) is 5.72. The number of benzene rings is 1. The lowest BCUT2D eigenvalue weighted by Gasteiger charge is -2.22. The number of hydrogen-bond donors (Lipinski definition) is 1. The summed E-state index contributed by atoms with van der Waals surface area (Å²) in [5.74, 6) is -0.946. The lowest BCUT2D eigenvalue weighted by molar-refractivity contribution is -0.142. The number of fused-ring (bicyclic) bond motifs is 1. The van der Waals surface area contributed by atoms with Gasteiger partial charge in [-0.15, -0.1) is 0 Å². The molecular weight excluding hydrogens is 266 g/mol. The number of carboxylic acids is 1. The fourth-order valence-corrected chi connectivity index (χ4v) is 3.30. The normalized spacial score (nSPS) is 23.0. The smallest absolute Gasteiger partial charge is 0.308 e. The van der Waals surface area contributed by atoms with Gasteiger partial charge in [0.05, 0.1) is 17.1 Å². The molecule has 0 aliphatic carbocycles. The zero-order valence-corrected chi connectivity index (χ0v) is 12.5. The van der Waals surface area contributed by atoms with Crippen LogP contribution in [0.1, 0.15) is 26.0 Å². The molecule has 0 amide bonds. The quantitative estimate of drug-likeness (QED) is 0.938. The molecule has 5 nitrogen and oxygen atoms in total. The molecule has 5 heteroatoms. The molecule has 2 aromatic rings. The Balaban J connectivity index is 1.87. The highest BCUT2D eigenvalue weighted by Gasteiger charge is 2.35. The second kappa shape index (κ2) is 5.48. The molecule has 112 valence electrons. The molecule has 1 fully saturated rings. The average Bonchev–Trinajstić information content (AvgIpc) is 3.01. The fourth-order valence-electron chi connectivity index (χ4n) is 3.30. The van der Waals surface area contributed by atoms with Crippen molar-refractivity contribution in [3.8, 4) is 0 Å². The molecule has 0 spiro atoms. The van der Waals surface area contributed by atoms with E-state index in [1.807, 2.05) is 23.7 Å². The van der Waals surface area contributed by atoms with Gasteiger partial charge < -0.3 is 5.11 Å². The van der Waals surface area contributed by atoms with E-state index in [1.54, 1.807) is 0 Å². The van der Waals surface area contributed by atoms with Crippen LogP contribution in [0.3, 0.4) is 0 Å². The SMILES string of the molecule is CCn1nc(CN2CCC(C(=O)O)C2C)c2ccccc21. The van der Waals surface area contributed by atoms with E-state index in [2.05, 4.69) is 24.0 Å². The van der Waals surface area contributed by atoms with E-state index in [0.717, 1.165) is 37.3 Å². The van der Waals surface area contributed by atoms with Crippen LogP contribution in [0.5, 0.6) is 0 Å². The molecule has 2 unspecified atom stereocenters. The van der Waals surface area contributed by atoms with Crippen LogP contribution in [-0.4, -0.2) is 38.3 Å². The average molecular weight is 287 g/mol. The van der Waals surface area contributed by atoms with Crippen molar-refractivity contribution < 1.29 is 9.90 Å². The third kappa shape index (κ3) is 2.42. The van der Waals surface area contributed by atoms with Gasteiger partial charge in [0.25, 0.3) is 0 Å². The summed E-state index contributed by atoms with van der Waals surface area (Å²) in [4.78, 5) is 13.5. The highest BCUT2D eigenvalue weighted by atomic mass is 16.4. The van der Waals surface area contributed by atoms with Gasteiger partial charge in [0.2, 0.25) is 0 Å². The van der Waals surface area contributed by atoms with Gasteiger partial charge in [-0.25, -0.2) is 0 Å². The zero-order valence-electron chi connectivity index (χ0n) is 12.5. The van der Waals surface area contributed by atoms with Gasteiger partial charge in [-0.1, -0.05) is 18.2 Å². The first-order valence-corrected chi connectivity index (χ1v) is 7.53. The Hall–Kier alpha value is -1.88. The maximum absolute atomic E-state index is 11.2. The van der Waals surface area contributed by atoms with Crippen molar-refractivity contribution >= 4 is 16.9 Å². The Labute approximate surface area is 124 Å². The van der Waals surface area contributed by atoms with E-state index in [0.29, 0.717) is 0 Å². The molecule has 0 saturated carbocycles. The predicted molar refractivity (Wildman–Crippen MR) is 81.0 cm³/mol. The molecule has 2 heterocycles. The van der Waals surface area contributed by atoms with Gasteiger partial charge >= 0.3 is 5.97 Å². The number of nitrogens with zero attached hydrogens (tertiary/aromatic N) is 3. The monoisotopic (exact) mass is 287 g/mol. The molecule has 0 radical (unpaired) electrons. The van der Waals surface area contributed by atoms with Crippen LogP contribution >= 0.6 is 0 Å². The summed E-state index contributed by atoms with van der Waals surface area (Å²) in [7, 11) is 0. The number of aliphatic carboxylic acids is 1. The zero-order chi connectivity index (χ0) is 15.0. The fraction of sp³-hybridized carbons (Fsp3) is 0.500. The van der Waals surface area contributed by atoms with Gasteiger partial charge in [-0.05, 0) is 32.9 Å². The predicted octanol–water partition coefficient (Wildman–Crippen LogP) is 2.35. The van der Waals surface area contributed by atoms with Gasteiger partial charge in [-0.3, -0.25) is 14.4 Å². The molecule has 3 rings (SSSR count). The van der Waals surface area contributed by atoms with Gasteiger partial charge in [0.15, 0.2) is 0 Å². The van der Waals surface area contributed by atoms with Crippen LogP contribution in [0.25, 0.3) is 10.9 Å². The van der Waals surface area contributed by atoms with Crippen LogP contribution < -0.4 is 0 Å². The number of aromatic nitrogens is 2. The lowest BCUT2D eigenvalue weighted by Crippen LogP contribution is -2.32. The van der Waals surface area contributed by atoms with Crippen molar-refractivity contribution in [1.29, 1.82) is 0 Å². The van der Waals surface area contributed by atoms with Crippen LogP contribution in [0.2, 0.25) is 0 Å². The van der Waals surface area contributed by atoms with Gasteiger partial charge in [0, 0.05) is 24.5 Å². The summed E-state index contributed by atoms with van der Waals surface area (Å²) in [5, 5.41) is 15.1. The second-order valence-electron chi connectivity index (χ2n) is 5.72. The molecule has 1 aliphatic rings. The van der Waals surface area contributed by atoms with Gasteiger partial charge in [-0.2, -0.15) is 5.10 Å². The number of carboxylic acid groups (broad SMARTS) is 1. The number of likely N-dealkylation sites (tertiary alicyclic amines) is 1. The van der Waals surface area contributed by atoms with Gasteiger partial charge in [0.1, 0.15) is 0 Å². The maximum Gasteiger partial charge on any atom is 0.308 e. The number of hydrogen-bond acceptors (Lipinski definition) is 3. The van der Waals surface area contributed by atoms with E-state index in [4.69, 9.17) is 5.10 Å². The van der Waals surface area contributed by atoms with Crippen molar-refractivity contribution in [2.75, 3.05) is 6.54 Å². The van der Waals surface area contributed by atoms with Crippen LogP contribution in [0.4, 0.5) is 0 Å². The largest absolute Gasteiger partial charge is 0.481 e. The number of para-hydroxylation sites is 1. The molecule has 2 atom stereocenters. The Morgan fingerprint density at radius 1 is 1.43 bits per heavy atom.